The molecule has 2 aromatic rings. The van der Waals surface area contributed by atoms with Crippen molar-refractivity contribution in [1.82, 2.24) is 5.32 Å². The second-order valence-corrected chi connectivity index (χ2v) is 6.88. The van der Waals surface area contributed by atoms with Crippen molar-refractivity contribution in [3.63, 3.8) is 0 Å². The highest BCUT2D eigenvalue weighted by molar-refractivity contribution is 9.10. The second kappa shape index (κ2) is 6.53. The van der Waals surface area contributed by atoms with E-state index in [9.17, 15) is 0 Å². The van der Waals surface area contributed by atoms with Crippen molar-refractivity contribution in [3.05, 3.63) is 54.1 Å². The van der Waals surface area contributed by atoms with Gasteiger partial charge in [-0.15, -0.1) is 11.3 Å². The van der Waals surface area contributed by atoms with Crippen LogP contribution in [0.3, 0.4) is 0 Å². The van der Waals surface area contributed by atoms with Crippen molar-refractivity contribution in [1.29, 1.82) is 0 Å². The normalized spacial score (nSPS) is 12.7. The van der Waals surface area contributed by atoms with E-state index in [1.807, 2.05) is 12.1 Å². The van der Waals surface area contributed by atoms with Gasteiger partial charge in [0.1, 0.15) is 0 Å². The highest BCUT2D eigenvalue weighted by atomic mass is 79.9. The fourth-order valence-electron chi connectivity index (χ4n) is 1.80. The lowest BCUT2D eigenvalue weighted by molar-refractivity contribution is 0.636. The molecule has 1 heterocycles. The molecule has 1 nitrogen and oxygen atoms in total. The van der Waals surface area contributed by atoms with Crippen molar-refractivity contribution in [2.45, 2.75) is 13.0 Å². The summed E-state index contributed by atoms with van der Waals surface area (Å²) in [5, 5.41) is 6.34. The van der Waals surface area contributed by atoms with Gasteiger partial charge in [0.15, 0.2) is 0 Å². The molecule has 0 saturated heterocycles. The summed E-state index contributed by atoms with van der Waals surface area (Å²) in [6, 6.07) is 8.17. The molecule has 96 valence electrons. The number of hydrogen-bond donors (Lipinski definition) is 1. The quantitative estimate of drug-likeness (QED) is 0.690. The third kappa shape index (κ3) is 3.17. The van der Waals surface area contributed by atoms with E-state index in [0.717, 1.165) is 20.5 Å². The van der Waals surface area contributed by atoms with Crippen LogP contribution in [0.4, 0.5) is 0 Å². The third-order valence-electron chi connectivity index (χ3n) is 2.59. The maximum absolute atomic E-state index is 6.00. The number of thiophene rings is 1. The van der Waals surface area contributed by atoms with Crippen molar-refractivity contribution >= 4 is 54.8 Å². The minimum Gasteiger partial charge on any atom is -0.306 e. The molecule has 0 spiro atoms. The number of hydrogen-bond acceptors (Lipinski definition) is 2. The predicted octanol–water partition coefficient (Wildman–Crippen LogP) is 5.63. The molecule has 0 amide bonds. The van der Waals surface area contributed by atoms with Gasteiger partial charge in [0.2, 0.25) is 0 Å². The molecule has 0 aliphatic rings. The molecule has 1 atom stereocenters. The number of halogens is 3. The van der Waals surface area contributed by atoms with Gasteiger partial charge in [-0.25, -0.2) is 0 Å². The Morgan fingerprint density at radius 1 is 1.28 bits per heavy atom. The molecule has 18 heavy (non-hydrogen) atoms. The van der Waals surface area contributed by atoms with Gasteiger partial charge < -0.3 is 5.32 Å². The summed E-state index contributed by atoms with van der Waals surface area (Å²) in [6.45, 7) is 3.02. The summed E-state index contributed by atoms with van der Waals surface area (Å²) in [7, 11) is 0. The predicted molar refractivity (Wildman–Crippen MR) is 86.7 cm³/mol. The highest BCUT2D eigenvalue weighted by Gasteiger charge is 2.19. The van der Waals surface area contributed by atoms with Gasteiger partial charge >= 0.3 is 0 Å². The van der Waals surface area contributed by atoms with Crippen LogP contribution in [-0.4, -0.2) is 6.54 Å². The molecule has 0 fully saturated rings. The topological polar surface area (TPSA) is 12.0 Å². The Morgan fingerprint density at radius 3 is 2.61 bits per heavy atom. The van der Waals surface area contributed by atoms with Crippen LogP contribution < -0.4 is 5.32 Å². The maximum atomic E-state index is 6.00. The molecule has 2 rings (SSSR count). The van der Waals surface area contributed by atoms with E-state index in [1.165, 1.54) is 10.4 Å². The van der Waals surface area contributed by atoms with Crippen LogP contribution >= 0.6 is 54.8 Å². The molecule has 1 N–H and O–H groups in total. The van der Waals surface area contributed by atoms with Gasteiger partial charge in [0, 0.05) is 18.8 Å². The molecule has 0 aliphatic carbocycles. The molecule has 1 unspecified atom stereocenters. The van der Waals surface area contributed by atoms with Gasteiger partial charge in [-0.05, 0) is 51.6 Å². The van der Waals surface area contributed by atoms with E-state index < -0.39 is 0 Å². The van der Waals surface area contributed by atoms with Crippen LogP contribution in [0.1, 0.15) is 23.4 Å². The van der Waals surface area contributed by atoms with Crippen LogP contribution in [0.15, 0.2) is 38.6 Å². The van der Waals surface area contributed by atoms with E-state index >= 15 is 0 Å². The smallest absolute Gasteiger partial charge is 0.0693 e. The molecular formula is C13H12Br2ClNS. The summed E-state index contributed by atoms with van der Waals surface area (Å²) < 4.78 is 2.17. The Hall–Kier alpha value is 0.130. The van der Waals surface area contributed by atoms with Gasteiger partial charge in [0.05, 0.1) is 6.04 Å². The molecule has 0 radical (unpaired) electrons. The maximum Gasteiger partial charge on any atom is 0.0693 e. The lowest BCUT2D eigenvalue weighted by Gasteiger charge is -2.19. The standard InChI is InChI=1S/C13H12Br2ClNS/c1-2-17-12(13-10(14)5-6-18-13)9-4-3-8(16)7-11(9)15/h3-7,12,17H,2H2,1H3. The monoisotopic (exact) mass is 407 g/mol. The lowest BCUT2D eigenvalue weighted by Crippen LogP contribution is -2.21. The van der Waals surface area contributed by atoms with E-state index in [0.29, 0.717) is 0 Å². The van der Waals surface area contributed by atoms with Crippen molar-refractivity contribution in [3.8, 4) is 0 Å². The summed E-state index contributed by atoms with van der Waals surface area (Å²) in [5.74, 6) is 0. The highest BCUT2D eigenvalue weighted by Crippen LogP contribution is 2.36. The van der Waals surface area contributed by atoms with Crippen LogP contribution in [0.25, 0.3) is 0 Å². The summed E-state index contributed by atoms with van der Waals surface area (Å²) in [4.78, 5) is 1.28. The number of nitrogens with one attached hydrogen (secondary N) is 1. The van der Waals surface area contributed by atoms with Gasteiger partial charge in [-0.2, -0.15) is 0 Å². The Balaban J connectivity index is 2.45. The summed E-state index contributed by atoms with van der Waals surface area (Å²) >= 11 is 14.9. The zero-order valence-corrected chi connectivity index (χ0v) is 14.5. The van der Waals surface area contributed by atoms with Crippen LogP contribution in [0, 0.1) is 0 Å². The zero-order valence-electron chi connectivity index (χ0n) is 9.71. The lowest BCUT2D eigenvalue weighted by atomic mass is 10.1. The SMILES string of the molecule is CCNC(c1ccc(Cl)cc1Br)c1sccc1Br. The van der Waals surface area contributed by atoms with E-state index in [1.54, 1.807) is 11.3 Å². The van der Waals surface area contributed by atoms with Crippen molar-refractivity contribution in [2.24, 2.45) is 0 Å². The Bertz CT molecular complexity index is 542. The van der Waals surface area contributed by atoms with E-state index in [4.69, 9.17) is 11.6 Å². The largest absolute Gasteiger partial charge is 0.306 e. The fourth-order valence-corrected chi connectivity index (χ4v) is 4.40. The molecule has 0 bridgehead atoms. The molecule has 0 saturated carbocycles. The molecule has 1 aromatic heterocycles. The first-order chi connectivity index (χ1) is 8.63. The zero-order chi connectivity index (χ0) is 13.1. The molecule has 1 aromatic carbocycles. The van der Waals surface area contributed by atoms with Crippen LogP contribution in [0.5, 0.6) is 0 Å². The average molecular weight is 410 g/mol. The molecule has 5 heteroatoms. The first kappa shape index (κ1) is 14.5. The second-order valence-electron chi connectivity index (χ2n) is 3.79. The van der Waals surface area contributed by atoms with Crippen LogP contribution in [-0.2, 0) is 0 Å². The van der Waals surface area contributed by atoms with Gasteiger partial charge in [-0.1, -0.05) is 40.5 Å². The third-order valence-corrected chi connectivity index (χ3v) is 5.45. The fraction of sp³-hybridized carbons (Fsp3) is 0.231. The van der Waals surface area contributed by atoms with Crippen molar-refractivity contribution < 1.29 is 0 Å². The van der Waals surface area contributed by atoms with Crippen molar-refractivity contribution in [2.75, 3.05) is 6.54 Å². The molecule has 0 aliphatic heterocycles. The summed E-state index contributed by atoms with van der Waals surface area (Å²) in [5.41, 5.74) is 1.20. The Kier molecular flexibility index (Phi) is 5.27. The first-order valence-corrected chi connectivity index (χ1v) is 8.39. The van der Waals surface area contributed by atoms with Gasteiger partial charge in [-0.3, -0.25) is 0 Å². The Morgan fingerprint density at radius 2 is 2.06 bits per heavy atom. The van der Waals surface area contributed by atoms with E-state index in [2.05, 4.69) is 61.6 Å². The number of benzene rings is 1. The van der Waals surface area contributed by atoms with Gasteiger partial charge in [0.25, 0.3) is 0 Å². The molecular weight excluding hydrogens is 397 g/mol. The minimum absolute atomic E-state index is 0.177. The summed E-state index contributed by atoms with van der Waals surface area (Å²) in [6.07, 6.45) is 0. The first-order valence-electron chi connectivity index (χ1n) is 5.54. The van der Waals surface area contributed by atoms with E-state index in [-0.39, 0.29) is 6.04 Å². The number of rotatable bonds is 4. The van der Waals surface area contributed by atoms with Crippen LogP contribution in [0.2, 0.25) is 5.02 Å². The Labute approximate surface area is 133 Å². The minimum atomic E-state index is 0.177. The average Bonchev–Trinajstić information content (AvgIpc) is 2.73.